The van der Waals surface area contributed by atoms with Crippen molar-refractivity contribution >= 4 is 39.5 Å². The number of hydrogen-bond donors (Lipinski definition) is 1. The van der Waals surface area contributed by atoms with Gasteiger partial charge in [-0.1, -0.05) is 23.7 Å². The number of nitrogens with zero attached hydrogens (tertiary/aromatic N) is 2. The number of halogens is 1. The van der Waals surface area contributed by atoms with E-state index in [0.717, 1.165) is 47.5 Å². The number of thiophene rings is 1. The maximum absolute atomic E-state index is 13.3. The topological polar surface area (TPSA) is 89.5 Å². The van der Waals surface area contributed by atoms with E-state index >= 15 is 0 Å². The smallest absolute Gasteiger partial charge is 0.269 e. The molecule has 0 aliphatic carbocycles. The Balaban J connectivity index is 1.88. The minimum Gasteiger partial charge on any atom is -0.390 e. The van der Waals surface area contributed by atoms with Crippen molar-refractivity contribution in [1.29, 1.82) is 0 Å². The van der Waals surface area contributed by atoms with Crippen LogP contribution >= 0.6 is 22.9 Å². The Bertz CT molecular complexity index is 1070. The fourth-order valence-electron chi connectivity index (χ4n) is 3.57. The SMILES string of the molecule is Nc1sc(-c2ccc([N+](=O)[O-])cc2)c(-c2ccc(Cl)cc2)c1C(=O)N1CCCC1. The van der Waals surface area contributed by atoms with E-state index in [0.29, 0.717) is 15.6 Å². The summed E-state index contributed by atoms with van der Waals surface area (Å²) >= 11 is 7.37. The summed E-state index contributed by atoms with van der Waals surface area (Å²) in [5.74, 6) is -0.0747. The van der Waals surface area contributed by atoms with Crippen LogP contribution < -0.4 is 5.73 Å². The number of benzene rings is 2. The number of nitrogens with two attached hydrogens (primary N) is 1. The Kier molecular flexibility index (Phi) is 5.25. The zero-order chi connectivity index (χ0) is 20.5. The maximum Gasteiger partial charge on any atom is 0.269 e. The van der Waals surface area contributed by atoms with E-state index in [1.54, 1.807) is 24.3 Å². The van der Waals surface area contributed by atoms with E-state index < -0.39 is 4.92 Å². The molecule has 1 aromatic heterocycles. The van der Waals surface area contributed by atoms with Crippen molar-refractivity contribution in [3.05, 3.63) is 69.2 Å². The van der Waals surface area contributed by atoms with Gasteiger partial charge in [-0.3, -0.25) is 14.9 Å². The van der Waals surface area contributed by atoms with Gasteiger partial charge in [-0.05, 0) is 48.2 Å². The summed E-state index contributed by atoms with van der Waals surface area (Å²) in [6.07, 6.45) is 1.97. The van der Waals surface area contributed by atoms with E-state index in [4.69, 9.17) is 17.3 Å². The van der Waals surface area contributed by atoms with Crippen LogP contribution in [0.1, 0.15) is 23.2 Å². The summed E-state index contributed by atoms with van der Waals surface area (Å²) < 4.78 is 0. The lowest BCUT2D eigenvalue weighted by Crippen LogP contribution is -2.28. The third-order valence-corrected chi connectivity index (χ3v) is 6.34. The van der Waals surface area contributed by atoms with Gasteiger partial charge in [0.05, 0.1) is 15.5 Å². The van der Waals surface area contributed by atoms with Gasteiger partial charge in [0.15, 0.2) is 0 Å². The van der Waals surface area contributed by atoms with Gasteiger partial charge in [-0.25, -0.2) is 0 Å². The van der Waals surface area contributed by atoms with Gasteiger partial charge in [-0.15, -0.1) is 11.3 Å². The highest BCUT2D eigenvalue weighted by Crippen LogP contribution is 2.46. The van der Waals surface area contributed by atoms with E-state index in [-0.39, 0.29) is 11.6 Å². The summed E-state index contributed by atoms with van der Waals surface area (Å²) in [6, 6.07) is 13.6. The molecular formula is C21H18ClN3O3S. The zero-order valence-corrected chi connectivity index (χ0v) is 17.0. The van der Waals surface area contributed by atoms with Gasteiger partial charge in [0.25, 0.3) is 11.6 Å². The molecule has 1 aliphatic heterocycles. The average Bonchev–Trinajstić information content (AvgIpc) is 3.36. The van der Waals surface area contributed by atoms with Crippen LogP contribution in [0.25, 0.3) is 21.6 Å². The Hall–Kier alpha value is -2.90. The van der Waals surface area contributed by atoms with Crippen molar-refractivity contribution in [1.82, 2.24) is 4.90 Å². The molecular weight excluding hydrogens is 410 g/mol. The first-order valence-corrected chi connectivity index (χ1v) is 10.4. The Labute approximate surface area is 176 Å². The van der Waals surface area contributed by atoms with Crippen molar-refractivity contribution in [3.63, 3.8) is 0 Å². The Morgan fingerprint density at radius 3 is 2.21 bits per heavy atom. The lowest BCUT2D eigenvalue weighted by atomic mass is 9.97. The molecule has 0 radical (unpaired) electrons. The third-order valence-electron chi connectivity index (χ3n) is 5.02. The lowest BCUT2D eigenvalue weighted by molar-refractivity contribution is -0.384. The molecule has 1 aliphatic rings. The molecule has 0 spiro atoms. The number of rotatable bonds is 4. The van der Waals surface area contributed by atoms with Crippen LogP contribution in [0.2, 0.25) is 5.02 Å². The standard InChI is InChI=1S/C21H18ClN3O3S/c22-15-7-3-13(4-8-15)17-18(21(26)24-11-1-2-12-24)20(23)29-19(17)14-5-9-16(10-6-14)25(27)28/h3-10H,1-2,11-12,23H2. The number of nitrogen functional groups attached to an aromatic ring is 1. The van der Waals surface area contributed by atoms with Gasteiger partial charge in [0.2, 0.25) is 0 Å². The van der Waals surface area contributed by atoms with Gasteiger partial charge in [-0.2, -0.15) is 0 Å². The van der Waals surface area contributed by atoms with Gasteiger partial charge >= 0.3 is 0 Å². The fourth-order valence-corrected chi connectivity index (χ4v) is 4.78. The van der Waals surface area contributed by atoms with E-state index in [1.165, 1.54) is 23.5 Å². The zero-order valence-electron chi connectivity index (χ0n) is 15.4. The molecule has 0 saturated carbocycles. The molecule has 6 nitrogen and oxygen atoms in total. The van der Waals surface area contributed by atoms with E-state index in [1.807, 2.05) is 17.0 Å². The molecule has 148 valence electrons. The molecule has 0 bridgehead atoms. The van der Waals surface area contributed by atoms with Gasteiger partial charge in [0, 0.05) is 40.7 Å². The Morgan fingerprint density at radius 2 is 1.62 bits per heavy atom. The number of carbonyl (C=O) groups excluding carboxylic acids is 1. The molecule has 2 N–H and O–H groups in total. The normalized spacial score (nSPS) is 13.6. The predicted molar refractivity (Wildman–Crippen MR) is 116 cm³/mol. The summed E-state index contributed by atoms with van der Waals surface area (Å²) in [4.78, 5) is 26.4. The number of hydrogen-bond acceptors (Lipinski definition) is 5. The molecule has 2 aromatic carbocycles. The molecule has 0 unspecified atom stereocenters. The molecule has 2 heterocycles. The molecule has 1 amide bonds. The second-order valence-corrected chi connectivity index (χ2v) is 8.34. The lowest BCUT2D eigenvalue weighted by Gasteiger charge is -2.17. The van der Waals surface area contributed by atoms with Crippen molar-refractivity contribution < 1.29 is 9.72 Å². The molecule has 4 rings (SSSR count). The minimum atomic E-state index is -0.436. The van der Waals surface area contributed by atoms with Crippen molar-refractivity contribution in [2.24, 2.45) is 0 Å². The highest BCUT2D eigenvalue weighted by molar-refractivity contribution is 7.20. The molecule has 3 aromatic rings. The second kappa shape index (κ2) is 7.85. The summed E-state index contributed by atoms with van der Waals surface area (Å²) in [5.41, 5.74) is 9.19. The average molecular weight is 428 g/mol. The Morgan fingerprint density at radius 1 is 1.03 bits per heavy atom. The quantitative estimate of drug-likeness (QED) is 0.442. The summed E-state index contributed by atoms with van der Waals surface area (Å²) in [6.45, 7) is 1.45. The predicted octanol–water partition coefficient (Wildman–Crippen LogP) is 5.46. The first-order valence-electron chi connectivity index (χ1n) is 9.18. The van der Waals surface area contributed by atoms with Crippen molar-refractivity contribution in [2.45, 2.75) is 12.8 Å². The van der Waals surface area contributed by atoms with E-state index in [2.05, 4.69) is 0 Å². The third kappa shape index (κ3) is 3.71. The molecule has 1 fully saturated rings. The largest absolute Gasteiger partial charge is 0.390 e. The summed E-state index contributed by atoms with van der Waals surface area (Å²) in [7, 11) is 0. The first kappa shape index (κ1) is 19.4. The van der Waals surface area contributed by atoms with Crippen LogP contribution in [-0.4, -0.2) is 28.8 Å². The number of nitro groups is 1. The highest BCUT2D eigenvalue weighted by atomic mass is 35.5. The number of nitro benzene ring substituents is 1. The molecule has 1 saturated heterocycles. The first-order chi connectivity index (χ1) is 14.0. The second-order valence-electron chi connectivity index (χ2n) is 6.86. The molecule has 29 heavy (non-hydrogen) atoms. The van der Waals surface area contributed by atoms with Crippen LogP contribution in [0.3, 0.4) is 0 Å². The van der Waals surface area contributed by atoms with E-state index in [9.17, 15) is 14.9 Å². The fraction of sp³-hybridized carbons (Fsp3) is 0.190. The molecule has 0 atom stereocenters. The minimum absolute atomic E-state index is 0.0136. The van der Waals surface area contributed by atoms with Crippen LogP contribution in [0, 0.1) is 10.1 Å². The highest BCUT2D eigenvalue weighted by Gasteiger charge is 2.29. The monoisotopic (exact) mass is 427 g/mol. The molecule has 8 heteroatoms. The number of anilines is 1. The number of carbonyl (C=O) groups is 1. The van der Waals surface area contributed by atoms with Gasteiger partial charge in [0.1, 0.15) is 0 Å². The number of likely N-dealkylation sites (tertiary alicyclic amines) is 1. The van der Waals surface area contributed by atoms with Crippen LogP contribution in [0.5, 0.6) is 0 Å². The van der Waals surface area contributed by atoms with Crippen molar-refractivity contribution in [3.8, 4) is 21.6 Å². The number of non-ortho nitro benzene ring substituents is 1. The van der Waals surface area contributed by atoms with Gasteiger partial charge < -0.3 is 10.6 Å². The van der Waals surface area contributed by atoms with Crippen LogP contribution in [0.4, 0.5) is 10.7 Å². The van der Waals surface area contributed by atoms with Crippen LogP contribution in [-0.2, 0) is 0 Å². The number of amides is 1. The van der Waals surface area contributed by atoms with Crippen molar-refractivity contribution in [2.75, 3.05) is 18.8 Å². The summed E-state index contributed by atoms with van der Waals surface area (Å²) in [5, 5.41) is 12.0. The van der Waals surface area contributed by atoms with Crippen LogP contribution in [0.15, 0.2) is 48.5 Å². The maximum atomic E-state index is 13.3.